The molecule has 5 heteroatoms. The van der Waals surface area contributed by atoms with E-state index in [-0.39, 0.29) is 18.3 Å². The molecule has 0 spiro atoms. The van der Waals surface area contributed by atoms with E-state index in [0.717, 1.165) is 6.42 Å². The maximum atomic E-state index is 9.52. The lowest BCUT2D eigenvalue weighted by Gasteiger charge is -2.40. The SMILES string of the molecule is CCCOC1C(O)CC1OCCOCCOC. The predicted molar refractivity (Wildman–Crippen MR) is 63.1 cm³/mol. The van der Waals surface area contributed by atoms with Crippen molar-refractivity contribution in [1.82, 2.24) is 0 Å². The average molecular weight is 248 g/mol. The third kappa shape index (κ3) is 5.31. The summed E-state index contributed by atoms with van der Waals surface area (Å²) in [6.07, 6.45) is 1.10. The second-order valence-electron chi connectivity index (χ2n) is 4.15. The van der Waals surface area contributed by atoms with Gasteiger partial charge in [-0.15, -0.1) is 0 Å². The molecule has 1 N–H and O–H groups in total. The molecule has 0 saturated heterocycles. The first-order valence-corrected chi connectivity index (χ1v) is 6.27. The van der Waals surface area contributed by atoms with Crippen molar-refractivity contribution in [3.8, 4) is 0 Å². The van der Waals surface area contributed by atoms with Gasteiger partial charge < -0.3 is 24.1 Å². The van der Waals surface area contributed by atoms with Gasteiger partial charge in [-0.2, -0.15) is 0 Å². The molecule has 0 aliphatic heterocycles. The van der Waals surface area contributed by atoms with Crippen LogP contribution >= 0.6 is 0 Å². The standard InChI is InChI=1S/C12H24O5/c1-3-4-17-12-10(13)9-11(12)16-8-7-15-6-5-14-2/h10-13H,3-9H2,1-2H3. The van der Waals surface area contributed by atoms with Crippen LogP contribution < -0.4 is 0 Å². The first-order chi connectivity index (χ1) is 8.29. The van der Waals surface area contributed by atoms with Gasteiger partial charge in [-0.3, -0.25) is 0 Å². The molecule has 0 bridgehead atoms. The van der Waals surface area contributed by atoms with Crippen molar-refractivity contribution in [3.05, 3.63) is 0 Å². The van der Waals surface area contributed by atoms with E-state index in [9.17, 15) is 5.11 Å². The topological polar surface area (TPSA) is 57.2 Å². The van der Waals surface area contributed by atoms with Gasteiger partial charge in [0.1, 0.15) is 6.10 Å². The highest BCUT2D eigenvalue weighted by Gasteiger charge is 2.41. The Kier molecular flexibility index (Phi) is 7.72. The van der Waals surface area contributed by atoms with Crippen molar-refractivity contribution in [2.75, 3.05) is 40.1 Å². The first-order valence-electron chi connectivity index (χ1n) is 6.27. The Morgan fingerprint density at radius 2 is 1.82 bits per heavy atom. The van der Waals surface area contributed by atoms with E-state index >= 15 is 0 Å². The summed E-state index contributed by atoms with van der Waals surface area (Å²) in [5.41, 5.74) is 0. The highest BCUT2D eigenvalue weighted by Crippen LogP contribution is 2.27. The molecule has 17 heavy (non-hydrogen) atoms. The number of rotatable bonds is 10. The number of aliphatic hydroxyl groups is 1. The van der Waals surface area contributed by atoms with Crippen LogP contribution in [0.25, 0.3) is 0 Å². The van der Waals surface area contributed by atoms with Gasteiger partial charge in [0.25, 0.3) is 0 Å². The quantitative estimate of drug-likeness (QED) is 0.574. The molecule has 0 amide bonds. The van der Waals surface area contributed by atoms with E-state index in [4.69, 9.17) is 18.9 Å². The highest BCUT2D eigenvalue weighted by atomic mass is 16.6. The van der Waals surface area contributed by atoms with Crippen molar-refractivity contribution in [1.29, 1.82) is 0 Å². The lowest BCUT2D eigenvalue weighted by atomic mass is 9.88. The van der Waals surface area contributed by atoms with Crippen LogP contribution in [0.1, 0.15) is 19.8 Å². The molecule has 1 fully saturated rings. The van der Waals surface area contributed by atoms with Crippen LogP contribution in [0.5, 0.6) is 0 Å². The van der Waals surface area contributed by atoms with E-state index in [1.54, 1.807) is 7.11 Å². The van der Waals surface area contributed by atoms with Gasteiger partial charge in [-0.25, -0.2) is 0 Å². The van der Waals surface area contributed by atoms with Crippen molar-refractivity contribution in [2.45, 2.75) is 38.1 Å². The molecule has 0 heterocycles. The minimum absolute atomic E-state index is 0.0163. The third-order valence-electron chi connectivity index (χ3n) is 2.73. The molecule has 102 valence electrons. The van der Waals surface area contributed by atoms with Crippen molar-refractivity contribution >= 4 is 0 Å². The first kappa shape index (κ1) is 14.9. The highest BCUT2D eigenvalue weighted by molar-refractivity contribution is 4.91. The molecule has 0 aromatic rings. The van der Waals surface area contributed by atoms with Crippen molar-refractivity contribution < 1.29 is 24.1 Å². The molecule has 1 aliphatic rings. The molecule has 0 aromatic carbocycles. The molecule has 5 nitrogen and oxygen atoms in total. The zero-order valence-corrected chi connectivity index (χ0v) is 10.8. The van der Waals surface area contributed by atoms with Gasteiger partial charge in [0.05, 0.1) is 38.6 Å². The fraction of sp³-hybridized carbons (Fsp3) is 1.00. The Hall–Kier alpha value is -0.200. The average Bonchev–Trinajstić information content (AvgIpc) is 2.32. The molecule has 0 aromatic heterocycles. The Balaban J connectivity index is 1.99. The second-order valence-corrected chi connectivity index (χ2v) is 4.15. The summed E-state index contributed by atoms with van der Waals surface area (Å²) in [4.78, 5) is 0. The maximum Gasteiger partial charge on any atom is 0.110 e. The van der Waals surface area contributed by atoms with E-state index < -0.39 is 0 Å². The summed E-state index contributed by atoms with van der Waals surface area (Å²) in [5.74, 6) is 0. The van der Waals surface area contributed by atoms with E-state index in [2.05, 4.69) is 0 Å². The molecule has 0 radical (unpaired) electrons. The second kappa shape index (κ2) is 8.83. The molecule has 1 rings (SSSR count). The summed E-state index contributed by atoms with van der Waals surface area (Å²) >= 11 is 0. The summed E-state index contributed by atoms with van der Waals surface area (Å²) in [6.45, 7) is 4.99. The molecular weight excluding hydrogens is 224 g/mol. The normalized spacial score (nSPS) is 28.1. The van der Waals surface area contributed by atoms with Crippen LogP contribution in [-0.2, 0) is 18.9 Å². The van der Waals surface area contributed by atoms with Crippen LogP contribution in [0.15, 0.2) is 0 Å². The van der Waals surface area contributed by atoms with Crippen LogP contribution in [0.3, 0.4) is 0 Å². The Labute approximate surface area is 103 Å². The van der Waals surface area contributed by atoms with Crippen LogP contribution in [0, 0.1) is 0 Å². The fourth-order valence-electron chi connectivity index (χ4n) is 1.70. The summed E-state index contributed by atoms with van der Waals surface area (Å²) in [6, 6.07) is 0. The fourth-order valence-corrected chi connectivity index (χ4v) is 1.70. The van der Waals surface area contributed by atoms with Gasteiger partial charge in [0.15, 0.2) is 0 Å². The van der Waals surface area contributed by atoms with Crippen LogP contribution in [-0.4, -0.2) is 63.6 Å². The number of aliphatic hydroxyl groups excluding tert-OH is 1. The number of ether oxygens (including phenoxy) is 4. The minimum atomic E-state index is -0.374. The van der Waals surface area contributed by atoms with Crippen LogP contribution in [0.4, 0.5) is 0 Å². The maximum absolute atomic E-state index is 9.52. The Morgan fingerprint density at radius 1 is 1.06 bits per heavy atom. The van der Waals surface area contributed by atoms with Crippen molar-refractivity contribution in [2.24, 2.45) is 0 Å². The van der Waals surface area contributed by atoms with Gasteiger partial charge in [0.2, 0.25) is 0 Å². The summed E-state index contributed by atoms with van der Waals surface area (Å²) in [5, 5.41) is 9.52. The van der Waals surface area contributed by atoms with Gasteiger partial charge in [-0.1, -0.05) is 6.92 Å². The Bertz CT molecular complexity index is 188. The van der Waals surface area contributed by atoms with Crippen molar-refractivity contribution in [3.63, 3.8) is 0 Å². The zero-order chi connectivity index (χ0) is 12.5. The molecule has 3 atom stereocenters. The van der Waals surface area contributed by atoms with Gasteiger partial charge >= 0.3 is 0 Å². The number of hydrogen-bond donors (Lipinski definition) is 1. The van der Waals surface area contributed by atoms with Crippen LogP contribution in [0.2, 0.25) is 0 Å². The van der Waals surface area contributed by atoms with E-state index in [1.807, 2.05) is 6.92 Å². The van der Waals surface area contributed by atoms with E-state index in [0.29, 0.717) is 39.5 Å². The molecular formula is C12H24O5. The molecule has 1 saturated carbocycles. The number of methoxy groups -OCH3 is 1. The smallest absolute Gasteiger partial charge is 0.110 e. The van der Waals surface area contributed by atoms with Gasteiger partial charge in [0, 0.05) is 20.1 Å². The van der Waals surface area contributed by atoms with Gasteiger partial charge in [-0.05, 0) is 6.42 Å². The molecule has 3 unspecified atom stereocenters. The minimum Gasteiger partial charge on any atom is -0.390 e. The summed E-state index contributed by atoms with van der Waals surface area (Å²) in [7, 11) is 1.64. The lowest BCUT2D eigenvalue weighted by Crippen LogP contribution is -2.54. The predicted octanol–water partition coefficient (Wildman–Crippen LogP) is 0.594. The monoisotopic (exact) mass is 248 g/mol. The lowest BCUT2D eigenvalue weighted by molar-refractivity contribution is -0.195. The molecule has 1 aliphatic carbocycles. The van der Waals surface area contributed by atoms with E-state index in [1.165, 1.54) is 0 Å². The largest absolute Gasteiger partial charge is 0.390 e. The number of hydrogen-bond acceptors (Lipinski definition) is 5. The summed E-state index contributed by atoms with van der Waals surface area (Å²) < 4.78 is 21.2. The zero-order valence-electron chi connectivity index (χ0n) is 10.8. The third-order valence-corrected chi connectivity index (χ3v) is 2.73. The Morgan fingerprint density at radius 3 is 2.47 bits per heavy atom.